The molecule has 1 saturated carbocycles. The number of aromatic nitrogens is 2. The molecule has 1 spiro atoms. The standard InChI is InChI=1S/C24H24ClFN4O2S/c1-29-12-21(27-13-29)33(31,32)28-11-16-8-18-15(9-20(16)26)10-24(22-23(24)30(22)2)19(18)7-14-4-3-5-17(25)6-14/h3-6,8-9,12-13,19,22-23,28H,7,10-11H2,1-2H3. The Morgan fingerprint density at radius 1 is 1.24 bits per heavy atom. The predicted octanol–water partition coefficient (Wildman–Crippen LogP) is 3.26. The number of fused-ring (bicyclic) bond motifs is 4. The number of hydrogen-bond acceptors (Lipinski definition) is 4. The molecule has 3 aromatic rings. The number of likely N-dealkylation sites (tertiary alicyclic amines) is 1. The average molecular weight is 487 g/mol. The molecule has 1 aromatic heterocycles. The van der Waals surface area contributed by atoms with Gasteiger partial charge in [0.1, 0.15) is 5.82 Å². The number of halogens is 2. The van der Waals surface area contributed by atoms with E-state index in [-0.39, 0.29) is 28.7 Å². The maximum absolute atomic E-state index is 15.0. The van der Waals surface area contributed by atoms with Gasteiger partial charge in [-0.05, 0) is 60.7 Å². The Hall–Kier alpha value is -2.26. The molecule has 0 amide bonds. The second kappa shape index (κ2) is 7.12. The average Bonchev–Trinajstić information content (AvgIpc) is 3.52. The van der Waals surface area contributed by atoms with Crippen LogP contribution in [0.15, 0.2) is 53.9 Å². The Bertz CT molecular complexity index is 1380. The summed E-state index contributed by atoms with van der Waals surface area (Å²) >= 11 is 6.23. The Morgan fingerprint density at radius 3 is 2.70 bits per heavy atom. The van der Waals surface area contributed by atoms with E-state index in [0.717, 1.165) is 29.5 Å². The molecule has 9 heteroatoms. The van der Waals surface area contributed by atoms with Crippen LogP contribution in [0.25, 0.3) is 0 Å². The highest BCUT2D eigenvalue weighted by Gasteiger charge is 2.84. The van der Waals surface area contributed by atoms with Gasteiger partial charge in [-0.3, -0.25) is 4.90 Å². The first-order valence-corrected chi connectivity index (χ1v) is 12.8. The molecule has 2 aliphatic carbocycles. The van der Waals surface area contributed by atoms with Crippen molar-refractivity contribution in [2.24, 2.45) is 12.5 Å². The van der Waals surface area contributed by atoms with Crippen molar-refractivity contribution in [2.45, 2.75) is 42.4 Å². The van der Waals surface area contributed by atoms with E-state index in [9.17, 15) is 8.42 Å². The summed E-state index contributed by atoms with van der Waals surface area (Å²) in [5, 5.41) is 0.632. The molecule has 172 valence electrons. The molecule has 1 aliphatic heterocycles. The number of imidazole rings is 1. The molecule has 2 fully saturated rings. The number of nitrogens with zero attached hydrogens (tertiary/aromatic N) is 3. The highest BCUT2D eigenvalue weighted by Crippen LogP contribution is 2.76. The lowest BCUT2D eigenvalue weighted by Gasteiger charge is -2.29. The van der Waals surface area contributed by atoms with Gasteiger partial charge in [0, 0.05) is 47.9 Å². The van der Waals surface area contributed by atoms with Crippen LogP contribution in [0, 0.1) is 11.2 Å². The quantitative estimate of drug-likeness (QED) is 0.543. The maximum atomic E-state index is 15.0. The Balaban J connectivity index is 1.30. The lowest BCUT2D eigenvalue weighted by atomic mass is 9.81. The van der Waals surface area contributed by atoms with Gasteiger partial charge in [-0.15, -0.1) is 0 Å². The number of nitrogens with one attached hydrogen (secondary N) is 1. The molecule has 3 aliphatic rings. The number of hydrogen-bond donors (Lipinski definition) is 1. The van der Waals surface area contributed by atoms with Gasteiger partial charge in [-0.1, -0.05) is 29.8 Å². The van der Waals surface area contributed by atoms with Crippen LogP contribution in [0.5, 0.6) is 0 Å². The van der Waals surface area contributed by atoms with Crippen LogP contribution in [-0.4, -0.2) is 42.0 Å². The van der Waals surface area contributed by atoms with Gasteiger partial charge in [0.2, 0.25) is 0 Å². The van der Waals surface area contributed by atoms with Crippen molar-refractivity contribution in [3.05, 3.63) is 82.0 Å². The number of sulfonamides is 1. The van der Waals surface area contributed by atoms with E-state index in [1.807, 2.05) is 24.3 Å². The summed E-state index contributed by atoms with van der Waals surface area (Å²) in [4.78, 5) is 6.27. The van der Waals surface area contributed by atoms with E-state index in [0.29, 0.717) is 22.7 Å². The van der Waals surface area contributed by atoms with Crippen molar-refractivity contribution in [1.29, 1.82) is 0 Å². The summed E-state index contributed by atoms with van der Waals surface area (Å²) in [5.41, 5.74) is 3.83. The van der Waals surface area contributed by atoms with E-state index in [1.165, 1.54) is 12.5 Å². The summed E-state index contributed by atoms with van der Waals surface area (Å²) in [5.74, 6) is -0.123. The summed E-state index contributed by atoms with van der Waals surface area (Å²) in [6, 6.07) is 12.5. The minimum Gasteiger partial charge on any atom is -0.339 e. The van der Waals surface area contributed by atoms with Crippen LogP contribution < -0.4 is 4.72 Å². The zero-order valence-corrected chi connectivity index (χ0v) is 19.9. The lowest BCUT2D eigenvalue weighted by Crippen LogP contribution is -2.31. The second-order valence-electron chi connectivity index (χ2n) is 9.58. The molecule has 3 unspecified atom stereocenters. The summed E-state index contributed by atoms with van der Waals surface area (Å²) in [6.45, 7) is -0.123. The van der Waals surface area contributed by atoms with Crippen LogP contribution in [0.3, 0.4) is 0 Å². The highest BCUT2D eigenvalue weighted by molar-refractivity contribution is 7.89. The van der Waals surface area contributed by atoms with Gasteiger partial charge >= 0.3 is 0 Å². The van der Waals surface area contributed by atoms with Crippen LogP contribution in [0.1, 0.15) is 28.2 Å². The Labute approximate surface area is 197 Å². The van der Waals surface area contributed by atoms with Crippen molar-refractivity contribution in [3.8, 4) is 0 Å². The third kappa shape index (κ3) is 3.26. The molecule has 6 rings (SSSR count). The second-order valence-corrected chi connectivity index (χ2v) is 11.7. The molecule has 0 radical (unpaired) electrons. The van der Waals surface area contributed by atoms with E-state index in [4.69, 9.17) is 11.6 Å². The fraction of sp³-hybridized carbons (Fsp3) is 0.375. The molecular formula is C24H24ClFN4O2S. The number of likely N-dealkylation sites (N-methyl/N-ethyl adjacent to an activating group) is 1. The largest absolute Gasteiger partial charge is 0.339 e. The zero-order chi connectivity index (χ0) is 23.1. The monoisotopic (exact) mass is 486 g/mol. The van der Waals surface area contributed by atoms with Gasteiger partial charge in [0.15, 0.2) is 5.03 Å². The normalized spacial score (nSPS) is 29.2. The first-order chi connectivity index (χ1) is 15.7. The van der Waals surface area contributed by atoms with Crippen molar-refractivity contribution < 1.29 is 12.8 Å². The van der Waals surface area contributed by atoms with Crippen molar-refractivity contribution >= 4 is 21.6 Å². The molecular weight excluding hydrogens is 463 g/mol. The smallest absolute Gasteiger partial charge is 0.259 e. The molecule has 6 nitrogen and oxygen atoms in total. The summed E-state index contributed by atoms with van der Waals surface area (Å²) < 4.78 is 44.2. The Morgan fingerprint density at radius 2 is 2.03 bits per heavy atom. The van der Waals surface area contributed by atoms with Crippen molar-refractivity contribution in [3.63, 3.8) is 0 Å². The first kappa shape index (κ1) is 21.3. The third-order valence-electron chi connectivity index (χ3n) is 7.65. The van der Waals surface area contributed by atoms with Gasteiger partial charge in [0.25, 0.3) is 10.0 Å². The fourth-order valence-corrected chi connectivity index (χ4v) is 7.26. The molecule has 2 heterocycles. The van der Waals surface area contributed by atoms with Crippen LogP contribution >= 0.6 is 11.6 Å². The minimum atomic E-state index is -3.82. The lowest BCUT2D eigenvalue weighted by molar-refractivity contribution is 0.226. The molecule has 2 aromatic carbocycles. The van der Waals surface area contributed by atoms with Crippen LogP contribution in [-0.2, 0) is 36.5 Å². The van der Waals surface area contributed by atoms with Crippen LogP contribution in [0.2, 0.25) is 5.02 Å². The van der Waals surface area contributed by atoms with Gasteiger partial charge in [-0.2, -0.15) is 0 Å². The van der Waals surface area contributed by atoms with Gasteiger partial charge < -0.3 is 4.57 Å². The van der Waals surface area contributed by atoms with E-state index < -0.39 is 10.0 Å². The predicted molar refractivity (Wildman–Crippen MR) is 123 cm³/mol. The topological polar surface area (TPSA) is 67.0 Å². The third-order valence-corrected chi connectivity index (χ3v) is 9.17. The fourth-order valence-electron chi connectivity index (χ4n) is 6.06. The first-order valence-electron chi connectivity index (χ1n) is 11.0. The molecule has 0 bridgehead atoms. The molecule has 1 N–H and O–H groups in total. The number of aryl methyl sites for hydroxylation is 1. The Kier molecular flexibility index (Phi) is 4.59. The SMILES string of the molecule is CN1C2C1C21Cc2cc(F)c(CNS(=O)(=O)c3cn(C)cn3)cc2C1Cc1cccc(Cl)c1. The van der Waals surface area contributed by atoms with Crippen molar-refractivity contribution in [1.82, 2.24) is 19.2 Å². The minimum absolute atomic E-state index is 0.0783. The molecule has 1 saturated heterocycles. The number of benzene rings is 2. The highest BCUT2D eigenvalue weighted by atomic mass is 35.5. The van der Waals surface area contributed by atoms with Crippen molar-refractivity contribution in [2.75, 3.05) is 7.05 Å². The van der Waals surface area contributed by atoms with E-state index >= 15 is 4.39 Å². The molecule has 3 atom stereocenters. The number of rotatable bonds is 6. The maximum Gasteiger partial charge on any atom is 0.259 e. The summed E-state index contributed by atoms with van der Waals surface area (Å²) in [6.07, 6.45) is 4.54. The molecule has 33 heavy (non-hydrogen) atoms. The zero-order valence-electron chi connectivity index (χ0n) is 18.3. The van der Waals surface area contributed by atoms with E-state index in [1.54, 1.807) is 17.7 Å². The van der Waals surface area contributed by atoms with Crippen LogP contribution in [0.4, 0.5) is 4.39 Å². The van der Waals surface area contributed by atoms with E-state index in [2.05, 4.69) is 27.7 Å². The van der Waals surface area contributed by atoms with Gasteiger partial charge in [-0.25, -0.2) is 22.5 Å². The summed E-state index contributed by atoms with van der Waals surface area (Å²) in [7, 11) is 0.00895. The van der Waals surface area contributed by atoms with Gasteiger partial charge in [0.05, 0.1) is 6.33 Å².